The molecule has 122 valence electrons. The smallest absolute Gasteiger partial charge is 0.191 e. The van der Waals surface area contributed by atoms with Gasteiger partial charge in [0.05, 0.1) is 19.8 Å². The van der Waals surface area contributed by atoms with Crippen LogP contribution in [0.2, 0.25) is 0 Å². The van der Waals surface area contributed by atoms with Gasteiger partial charge in [-0.05, 0) is 50.3 Å². The van der Waals surface area contributed by atoms with Crippen molar-refractivity contribution in [2.45, 2.75) is 51.3 Å². The lowest BCUT2D eigenvalue weighted by Crippen LogP contribution is -2.45. The molecule has 0 heterocycles. The lowest BCUT2D eigenvalue weighted by Gasteiger charge is -2.27. The minimum atomic E-state index is -0.128. The van der Waals surface area contributed by atoms with Crippen LogP contribution in [0.15, 0.2) is 29.3 Å². The fourth-order valence-electron chi connectivity index (χ4n) is 2.63. The monoisotopic (exact) mass is 305 g/mol. The average Bonchev–Trinajstić information content (AvgIpc) is 2.55. The van der Waals surface area contributed by atoms with E-state index in [0.717, 1.165) is 49.5 Å². The minimum absolute atomic E-state index is 0.128. The van der Waals surface area contributed by atoms with Gasteiger partial charge in [-0.2, -0.15) is 0 Å². The van der Waals surface area contributed by atoms with Gasteiger partial charge in [-0.3, -0.25) is 0 Å². The number of nitrogens with one attached hydrogen (secondary N) is 2. The van der Waals surface area contributed by atoms with Crippen molar-refractivity contribution >= 4 is 5.96 Å². The molecule has 5 nitrogen and oxygen atoms in total. The van der Waals surface area contributed by atoms with E-state index in [1.165, 1.54) is 0 Å². The molecule has 1 aliphatic rings. The van der Waals surface area contributed by atoms with Crippen molar-refractivity contribution in [3.05, 3.63) is 29.8 Å². The van der Waals surface area contributed by atoms with E-state index in [1.54, 1.807) is 7.11 Å². The summed E-state index contributed by atoms with van der Waals surface area (Å²) in [5.74, 6) is 1.71. The van der Waals surface area contributed by atoms with Gasteiger partial charge in [-0.15, -0.1) is 0 Å². The maximum atomic E-state index is 9.58. The lowest BCUT2D eigenvalue weighted by molar-refractivity contribution is 0.120. The van der Waals surface area contributed by atoms with E-state index in [2.05, 4.69) is 22.5 Å². The summed E-state index contributed by atoms with van der Waals surface area (Å²) in [6.07, 6.45) is 3.60. The van der Waals surface area contributed by atoms with E-state index in [4.69, 9.17) is 4.74 Å². The number of aliphatic imine (C=N–C) groups is 1. The summed E-state index contributed by atoms with van der Waals surface area (Å²) in [6.45, 7) is 3.54. The Bertz CT molecular complexity index is 465. The summed E-state index contributed by atoms with van der Waals surface area (Å²) in [5.41, 5.74) is 1.15. The number of guanidine groups is 1. The van der Waals surface area contributed by atoms with Gasteiger partial charge in [-0.1, -0.05) is 12.1 Å². The molecule has 0 aliphatic heterocycles. The Hall–Kier alpha value is -1.75. The topological polar surface area (TPSA) is 65.9 Å². The Morgan fingerprint density at radius 1 is 1.23 bits per heavy atom. The van der Waals surface area contributed by atoms with Crippen LogP contribution in [0.1, 0.15) is 38.2 Å². The van der Waals surface area contributed by atoms with E-state index in [0.29, 0.717) is 12.6 Å². The molecule has 5 heteroatoms. The number of aliphatic hydroxyl groups excluding tert-OH is 1. The van der Waals surface area contributed by atoms with E-state index < -0.39 is 0 Å². The maximum Gasteiger partial charge on any atom is 0.191 e. The third-order valence-corrected chi connectivity index (χ3v) is 3.96. The fourth-order valence-corrected chi connectivity index (χ4v) is 2.63. The average molecular weight is 305 g/mol. The molecule has 1 fully saturated rings. The van der Waals surface area contributed by atoms with Crippen LogP contribution < -0.4 is 15.4 Å². The second-order valence-corrected chi connectivity index (χ2v) is 5.69. The quantitative estimate of drug-likeness (QED) is 0.575. The van der Waals surface area contributed by atoms with E-state index >= 15 is 0 Å². The van der Waals surface area contributed by atoms with Crippen molar-refractivity contribution in [2.75, 3.05) is 13.7 Å². The van der Waals surface area contributed by atoms with Crippen molar-refractivity contribution < 1.29 is 9.84 Å². The summed E-state index contributed by atoms with van der Waals surface area (Å²) in [7, 11) is 1.67. The van der Waals surface area contributed by atoms with E-state index in [1.807, 2.05) is 24.3 Å². The first-order chi connectivity index (χ1) is 10.7. The zero-order valence-electron chi connectivity index (χ0n) is 13.5. The van der Waals surface area contributed by atoms with Crippen LogP contribution in [0.3, 0.4) is 0 Å². The largest absolute Gasteiger partial charge is 0.497 e. The summed E-state index contributed by atoms with van der Waals surface area (Å²) in [4.78, 5) is 4.64. The van der Waals surface area contributed by atoms with Crippen LogP contribution in [-0.4, -0.2) is 36.9 Å². The predicted molar refractivity (Wildman–Crippen MR) is 89.2 cm³/mol. The number of hydrogen-bond acceptors (Lipinski definition) is 3. The first kappa shape index (κ1) is 16.6. The molecule has 3 N–H and O–H groups in total. The molecular weight excluding hydrogens is 278 g/mol. The zero-order valence-corrected chi connectivity index (χ0v) is 13.5. The molecule has 0 spiro atoms. The van der Waals surface area contributed by atoms with Gasteiger partial charge < -0.3 is 20.5 Å². The second kappa shape index (κ2) is 8.63. The Morgan fingerprint density at radius 2 is 1.91 bits per heavy atom. The molecule has 1 saturated carbocycles. The van der Waals surface area contributed by atoms with Crippen molar-refractivity contribution in [3.63, 3.8) is 0 Å². The van der Waals surface area contributed by atoms with Crippen LogP contribution in [-0.2, 0) is 6.54 Å². The summed E-state index contributed by atoms with van der Waals surface area (Å²) in [5, 5.41) is 16.3. The first-order valence-corrected chi connectivity index (χ1v) is 8.07. The summed E-state index contributed by atoms with van der Waals surface area (Å²) in [6, 6.07) is 8.37. The van der Waals surface area contributed by atoms with Crippen molar-refractivity contribution in [3.8, 4) is 5.75 Å². The number of benzene rings is 1. The highest BCUT2D eigenvalue weighted by Gasteiger charge is 2.19. The Balaban J connectivity index is 1.91. The van der Waals surface area contributed by atoms with Gasteiger partial charge in [0.1, 0.15) is 5.75 Å². The number of methoxy groups -OCH3 is 1. The highest BCUT2D eigenvalue weighted by atomic mass is 16.5. The van der Waals surface area contributed by atoms with Gasteiger partial charge in [0, 0.05) is 12.6 Å². The number of ether oxygens (including phenoxy) is 1. The second-order valence-electron chi connectivity index (χ2n) is 5.69. The molecule has 22 heavy (non-hydrogen) atoms. The number of aliphatic hydroxyl groups is 1. The summed E-state index contributed by atoms with van der Waals surface area (Å²) >= 11 is 0. The van der Waals surface area contributed by atoms with Gasteiger partial charge in [0.25, 0.3) is 0 Å². The Labute approximate surface area is 132 Å². The van der Waals surface area contributed by atoms with Gasteiger partial charge in [0.15, 0.2) is 5.96 Å². The highest BCUT2D eigenvalue weighted by molar-refractivity contribution is 5.80. The van der Waals surface area contributed by atoms with Crippen molar-refractivity contribution in [1.82, 2.24) is 10.6 Å². The molecule has 1 aliphatic carbocycles. The highest BCUT2D eigenvalue weighted by Crippen LogP contribution is 2.18. The van der Waals surface area contributed by atoms with Gasteiger partial charge in [0.2, 0.25) is 0 Å². The number of nitrogens with zero attached hydrogens (tertiary/aromatic N) is 1. The van der Waals surface area contributed by atoms with Crippen LogP contribution in [0.4, 0.5) is 0 Å². The van der Waals surface area contributed by atoms with E-state index in [-0.39, 0.29) is 6.10 Å². The van der Waals surface area contributed by atoms with Gasteiger partial charge >= 0.3 is 0 Å². The standard InChI is InChI=1S/C17H27N3O2/c1-3-18-17(20-14-6-8-15(21)9-7-14)19-12-13-4-10-16(22-2)11-5-13/h4-5,10-11,14-15,21H,3,6-9,12H2,1-2H3,(H2,18,19,20). The molecule has 0 radical (unpaired) electrons. The van der Waals surface area contributed by atoms with Crippen molar-refractivity contribution in [1.29, 1.82) is 0 Å². The van der Waals surface area contributed by atoms with Crippen LogP contribution >= 0.6 is 0 Å². The Morgan fingerprint density at radius 3 is 2.50 bits per heavy atom. The Kier molecular flexibility index (Phi) is 6.52. The van der Waals surface area contributed by atoms with E-state index in [9.17, 15) is 5.11 Å². The van der Waals surface area contributed by atoms with Crippen LogP contribution in [0, 0.1) is 0 Å². The minimum Gasteiger partial charge on any atom is -0.497 e. The molecule has 1 aromatic rings. The molecule has 2 rings (SSSR count). The lowest BCUT2D eigenvalue weighted by atomic mass is 9.93. The van der Waals surface area contributed by atoms with Crippen molar-refractivity contribution in [2.24, 2.45) is 4.99 Å². The molecule has 0 bridgehead atoms. The fraction of sp³-hybridized carbons (Fsp3) is 0.588. The number of hydrogen-bond donors (Lipinski definition) is 3. The summed E-state index contributed by atoms with van der Waals surface area (Å²) < 4.78 is 5.16. The number of rotatable bonds is 5. The van der Waals surface area contributed by atoms with Gasteiger partial charge in [-0.25, -0.2) is 4.99 Å². The third kappa shape index (κ3) is 5.22. The molecule has 0 atom stereocenters. The van der Waals surface area contributed by atoms with Crippen LogP contribution in [0.25, 0.3) is 0 Å². The third-order valence-electron chi connectivity index (χ3n) is 3.96. The maximum absolute atomic E-state index is 9.58. The predicted octanol–water partition coefficient (Wildman–Crippen LogP) is 2.05. The molecule has 0 amide bonds. The molecule has 1 aromatic carbocycles. The molecule has 0 aromatic heterocycles. The SMILES string of the molecule is CCNC(=NCc1ccc(OC)cc1)NC1CCC(O)CC1. The van der Waals surface area contributed by atoms with Crippen LogP contribution in [0.5, 0.6) is 5.75 Å². The molecule has 0 unspecified atom stereocenters. The normalized spacial score (nSPS) is 22.2. The zero-order chi connectivity index (χ0) is 15.8. The molecule has 0 saturated heterocycles. The first-order valence-electron chi connectivity index (χ1n) is 8.07. The molecular formula is C17H27N3O2.